The van der Waals surface area contributed by atoms with Crippen LogP contribution < -0.4 is 14.4 Å². The van der Waals surface area contributed by atoms with Crippen molar-refractivity contribution in [1.82, 2.24) is 4.90 Å². The molecule has 0 aromatic heterocycles. The van der Waals surface area contributed by atoms with Gasteiger partial charge in [0, 0.05) is 29.7 Å². The number of benzene rings is 2. The van der Waals surface area contributed by atoms with Gasteiger partial charge in [-0.25, -0.2) is 0 Å². The first-order chi connectivity index (χ1) is 15.1. The van der Waals surface area contributed by atoms with E-state index in [1.165, 1.54) is 6.42 Å². The van der Waals surface area contributed by atoms with Gasteiger partial charge in [-0.3, -0.25) is 9.59 Å². The maximum Gasteiger partial charge on any atom is 0.242 e. The average molecular weight is 441 g/mol. The molecule has 2 amide bonds. The molecule has 0 N–H and O–H groups in total. The van der Waals surface area contributed by atoms with Crippen LogP contribution in [0.15, 0.2) is 47.4 Å². The van der Waals surface area contributed by atoms with Gasteiger partial charge in [0.05, 0.1) is 19.9 Å². The highest BCUT2D eigenvalue weighted by Crippen LogP contribution is 2.46. The standard InChI is InChI=1S/C24H28N2O4S/c1-29-19-11-10-17(14-20(19)30-2)22-15-23(27)26(18-8-4-5-9-21(18)31-22)16-24(28)25-12-6-3-7-13-25/h4-5,8-11,14,22H,3,6-7,12-13,15-16H2,1-2H3. The van der Waals surface area contributed by atoms with Crippen molar-refractivity contribution in [1.29, 1.82) is 0 Å². The number of carbonyl (C=O) groups excluding carboxylic acids is 2. The Hall–Kier alpha value is -2.67. The predicted octanol–water partition coefficient (Wildman–Crippen LogP) is 4.29. The second kappa shape index (κ2) is 9.64. The highest BCUT2D eigenvalue weighted by atomic mass is 32.2. The quantitative estimate of drug-likeness (QED) is 0.694. The van der Waals surface area contributed by atoms with Crippen molar-refractivity contribution in [3.05, 3.63) is 48.0 Å². The number of amides is 2. The number of likely N-dealkylation sites (tertiary alicyclic amines) is 1. The number of methoxy groups -OCH3 is 2. The molecule has 1 fully saturated rings. The van der Waals surface area contributed by atoms with Gasteiger partial charge in [0.25, 0.3) is 0 Å². The summed E-state index contributed by atoms with van der Waals surface area (Å²) < 4.78 is 10.8. The lowest BCUT2D eigenvalue weighted by Crippen LogP contribution is -2.44. The third-order valence-corrected chi connectivity index (χ3v) is 7.19. The van der Waals surface area contributed by atoms with E-state index in [2.05, 4.69) is 0 Å². The van der Waals surface area contributed by atoms with Crippen molar-refractivity contribution in [2.75, 3.05) is 38.8 Å². The maximum absolute atomic E-state index is 13.3. The fourth-order valence-electron chi connectivity index (χ4n) is 4.17. The molecule has 164 valence electrons. The van der Waals surface area contributed by atoms with Crippen molar-refractivity contribution in [2.45, 2.75) is 35.8 Å². The predicted molar refractivity (Wildman–Crippen MR) is 122 cm³/mol. The molecule has 1 unspecified atom stereocenters. The number of carbonyl (C=O) groups is 2. The molecule has 1 saturated heterocycles. The molecule has 0 bridgehead atoms. The average Bonchev–Trinajstić information content (AvgIpc) is 2.95. The number of thioether (sulfide) groups is 1. The SMILES string of the molecule is COc1ccc(C2CC(=O)N(CC(=O)N3CCCCC3)c3ccccc3S2)cc1OC. The summed E-state index contributed by atoms with van der Waals surface area (Å²) in [6, 6.07) is 13.6. The Morgan fingerprint density at radius 1 is 1.03 bits per heavy atom. The molecule has 2 heterocycles. The van der Waals surface area contributed by atoms with Gasteiger partial charge in [-0.15, -0.1) is 11.8 Å². The molecule has 2 aromatic rings. The van der Waals surface area contributed by atoms with E-state index in [-0.39, 0.29) is 23.6 Å². The van der Waals surface area contributed by atoms with Crippen LogP contribution in [0.5, 0.6) is 11.5 Å². The van der Waals surface area contributed by atoms with Gasteiger partial charge in [-0.2, -0.15) is 0 Å². The van der Waals surface area contributed by atoms with Crippen LogP contribution in [-0.4, -0.2) is 50.6 Å². The van der Waals surface area contributed by atoms with Crippen molar-refractivity contribution in [3.8, 4) is 11.5 Å². The Labute approximate surface area is 187 Å². The van der Waals surface area contributed by atoms with Crippen LogP contribution in [0.1, 0.15) is 36.5 Å². The molecule has 6 nitrogen and oxygen atoms in total. The molecular formula is C24H28N2O4S. The monoisotopic (exact) mass is 440 g/mol. The van der Waals surface area contributed by atoms with Crippen molar-refractivity contribution in [3.63, 3.8) is 0 Å². The third kappa shape index (κ3) is 4.66. The minimum atomic E-state index is -0.0801. The fourth-order valence-corrected chi connectivity index (χ4v) is 5.44. The minimum Gasteiger partial charge on any atom is -0.493 e. The number of nitrogens with zero attached hydrogens (tertiary/aromatic N) is 2. The topological polar surface area (TPSA) is 59.1 Å². The molecule has 1 atom stereocenters. The van der Waals surface area contributed by atoms with Gasteiger partial charge in [-0.1, -0.05) is 18.2 Å². The van der Waals surface area contributed by atoms with E-state index in [0.717, 1.165) is 42.1 Å². The van der Waals surface area contributed by atoms with E-state index in [9.17, 15) is 9.59 Å². The molecule has 2 aliphatic heterocycles. The first-order valence-corrected chi connectivity index (χ1v) is 11.5. The number of ether oxygens (including phenoxy) is 2. The van der Waals surface area contributed by atoms with Crippen LogP contribution in [0.3, 0.4) is 0 Å². The van der Waals surface area contributed by atoms with Crippen LogP contribution in [0.2, 0.25) is 0 Å². The van der Waals surface area contributed by atoms with Crippen LogP contribution in [0.25, 0.3) is 0 Å². The van der Waals surface area contributed by atoms with Gasteiger partial charge in [0.15, 0.2) is 11.5 Å². The van der Waals surface area contributed by atoms with E-state index in [1.54, 1.807) is 30.9 Å². The maximum atomic E-state index is 13.3. The zero-order valence-electron chi connectivity index (χ0n) is 18.0. The Balaban J connectivity index is 1.61. The van der Waals surface area contributed by atoms with Crippen molar-refractivity contribution >= 4 is 29.3 Å². The highest BCUT2D eigenvalue weighted by molar-refractivity contribution is 7.99. The van der Waals surface area contributed by atoms with Crippen LogP contribution in [0.4, 0.5) is 5.69 Å². The second-order valence-corrected chi connectivity index (χ2v) is 9.06. The highest BCUT2D eigenvalue weighted by Gasteiger charge is 2.32. The van der Waals surface area contributed by atoms with Crippen LogP contribution >= 0.6 is 11.8 Å². The van der Waals surface area contributed by atoms with Gasteiger partial charge in [0.1, 0.15) is 6.54 Å². The van der Waals surface area contributed by atoms with E-state index in [4.69, 9.17) is 9.47 Å². The van der Waals surface area contributed by atoms with E-state index in [1.807, 2.05) is 47.4 Å². The molecular weight excluding hydrogens is 412 g/mol. The molecule has 4 rings (SSSR count). The van der Waals surface area contributed by atoms with Crippen LogP contribution in [0, 0.1) is 0 Å². The number of piperidine rings is 1. The lowest BCUT2D eigenvalue weighted by molar-refractivity contribution is -0.132. The zero-order valence-corrected chi connectivity index (χ0v) is 18.8. The lowest BCUT2D eigenvalue weighted by atomic mass is 10.1. The lowest BCUT2D eigenvalue weighted by Gasteiger charge is -2.30. The first-order valence-electron chi connectivity index (χ1n) is 10.7. The number of anilines is 1. The molecule has 0 radical (unpaired) electrons. The zero-order chi connectivity index (χ0) is 21.8. The summed E-state index contributed by atoms with van der Waals surface area (Å²) in [7, 11) is 3.21. The molecule has 0 saturated carbocycles. The summed E-state index contributed by atoms with van der Waals surface area (Å²) in [5.74, 6) is 1.29. The van der Waals surface area contributed by atoms with E-state index >= 15 is 0 Å². The number of fused-ring (bicyclic) bond motifs is 1. The van der Waals surface area contributed by atoms with Crippen molar-refractivity contribution < 1.29 is 19.1 Å². The summed E-state index contributed by atoms with van der Waals surface area (Å²) in [4.78, 5) is 30.8. The molecule has 0 spiro atoms. The Kier molecular flexibility index (Phi) is 6.70. The molecule has 7 heteroatoms. The van der Waals surface area contributed by atoms with Gasteiger partial charge >= 0.3 is 0 Å². The number of hydrogen-bond acceptors (Lipinski definition) is 5. The number of rotatable bonds is 5. The number of hydrogen-bond donors (Lipinski definition) is 0. The van der Waals surface area contributed by atoms with Gasteiger partial charge < -0.3 is 19.3 Å². The fraction of sp³-hybridized carbons (Fsp3) is 0.417. The summed E-state index contributed by atoms with van der Waals surface area (Å²) in [5, 5.41) is -0.0801. The summed E-state index contributed by atoms with van der Waals surface area (Å²) in [6.07, 6.45) is 3.54. The molecule has 31 heavy (non-hydrogen) atoms. The normalized spacial score (nSPS) is 18.9. The summed E-state index contributed by atoms with van der Waals surface area (Å²) in [5.41, 5.74) is 1.81. The van der Waals surface area contributed by atoms with Crippen molar-refractivity contribution in [2.24, 2.45) is 0 Å². The Morgan fingerprint density at radius 2 is 1.77 bits per heavy atom. The largest absolute Gasteiger partial charge is 0.493 e. The first kappa shape index (κ1) is 21.6. The second-order valence-electron chi connectivity index (χ2n) is 7.81. The smallest absolute Gasteiger partial charge is 0.242 e. The summed E-state index contributed by atoms with van der Waals surface area (Å²) in [6.45, 7) is 1.66. The van der Waals surface area contributed by atoms with Gasteiger partial charge in [0.2, 0.25) is 11.8 Å². The third-order valence-electron chi connectivity index (χ3n) is 5.87. The Morgan fingerprint density at radius 3 is 2.52 bits per heavy atom. The van der Waals surface area contributed by atoms with E-state index in [0.29, 0.717) is 17.9 Å². The Bertz CT molecular complexity index is 958. The van der Waals surface area contributed by atoms with E-state index < -0.39 is 0 Å². The molecule has 2 aliphatic rings. The molecule has 0 aliphatic carbocycles. The van der Waals surface area contributed by atoms with Crippen LogP contribution in [-0.2, 0) is 9.59 Å². The summed E-state index contributed by atoms with van der Waals surface area (Å²) >= 11 is 1.65. The number of para-hydroxylation sites is 1. The van der Waals surface area contributed by atoms with Gasteiger partial charge in [-0.05, 0) is 49.1 Å². The molecule has 2 aromatic carbocycles. The minimum absolute atomic E-state index is 0.0254.